The van der Waals surface area contributed by atoms with Gasteiger partial charge in [-0.1, -0.05) is 12.1 Å². The first-order valence-corrected chi connectivity index (χ1v) is 8.06. The summed E-state index contributed by atoms with van der Waals surface area (Å²) in [5.41, 5.74) is 1.28. The standard InChI is InChI=1S/C20H21FN2O3/c1-20(2,3)26-19(25)23-17-11-9-16(10-12-17)22-18(24)13-6-14-4-7-15(21)8-5-14/h4-13H,1-3H3,(H,22,24)(H,23,25). The number of amides is 2. The molecule has 2 N–H and O–H groups in total. The molecule has 6 heteroatoms. The molecule has 0 atom stereocenters. The Morgan fingerprint density at radius 1 is 0.923 bits per heavy atom. The minimum Gasteiger partial charge on any atom is -0.444 e. The van der Waals surface area contributed by atoms with E-state index in [1.54, 1.807) is 63.2 Å². The van der Waals surface area contributed by atoms with Crippen LogP contribution in [0.5, 0.6) is 0 Å². The Morgan fingerprint density at radius 3 is 2.00 bits per heavy atom. The second-order valence-electron chi connectivity index (χ2n) is 6.58. The van der Waals surface area contributed by atoms with Gasteiger partial charge >= 0.3 is 6.09 Å². The molecule has 0 aromatic heterocycles. The number of carbonyl (C=O) groups is 2. The van der Waals surface area contributed by atoms with Crippen LogP contribution in [0.15, 0.2) is 54.6 Å². The van der Waals surface area contributed by atoms with Crippen LogP contribution in [0.1, 0.15) is 26.3 Å². The molecule has 0 heterocycles. The van der Waals surface area contributed by atoms with Gasteiger partial charge in [0, 0.05) is 17.5 Å². The van der Waals surface area contributed by atoms with E-state index in [0.29, 0.717) is 11.4 Å². The molecule has 0 aliphatic rings. The van der Waals surface area contributed by atoms with Crippen LogP contribution in [0.25, 0.3) is 6.08 Å². The fourth-order valence-corrected chi connectivity index (χ4v) is 1.99. The van der Waals surface area contributed by atoms with Gasteiger partial charge in [-0.05, 0) is 68.8 Å². The molecule has 26 heavy (non-hydrogen) atoms. The molecule has 2 rings (SSSR count). The molecule has 2 amide bonds. The van der Waals surface area contributed by atoms with Gasteiger partial charge in [0.25, 0.3) is 0 Å². The van der Waals surface area contributed by atoms with E-state index in [-0.39, 0.29) is 11.7 Å². The highest BCUT2D eigenvalue weighted by Gasteiger charge is 2.16. The van der Waals surface area contributed by atoms with Crippen LogP contribution in [0.2, 0.25) is 0 Å². The highest BCUT2D eigenvalue weighted by molar-refractivity contribution is 6.02. The van der Waals surface area contributed by atoms with Crippen molar-refractivity contribution < 1.29 is 18.7 Å². The van der Waals surface area contributed by atoms with Crippen LogP contribution in [-0.2, 0) is 9.53 Å². The van der Waals surface area contributed by atoms with Gasteiger partial charge in [0.05, 0.1) is 0 Å². The molecule has 0 radical (unpaired) electrons. The van der Waals surface area contributed by atoms with Gasteiger partial charge in [-0.3, -0.25) is 10.1 Å². The van der Waals surface area contributed by atoms with Crippen molar-refractivity contribution in [3.8, 4) is 0 Å². The molecule has 0 saturated heterocycles. The predicted molar refractivity (Wildman–Crippen MR) is 100 cm³/mol. The van der Waals surface area contributed by atoms with E-state index in [1.807, 2.05) is 0 Å². The molecular weight excluding hydrogens is 335 g/mol. The fraction of sp³-hybridized carbons (Fsp3) is 0.200. The monoisotopic (exact) mass is 356 g/mol. The number of nitrogens with one attached hydrogen (secondary N) is 2. The molecule has 5 nitrogen and oxygen atoms in total. The predicted octanol–water partition coefficient (Wildman–Crippen LogP) is 4.82. The van der Waals surface area contributed by atoms with Crippen molar-refractivity contribution in [2.75, 3.05) is 10.6 Å². The maximum Gasteiger partial charge on any atom is 0.412 e. The van der Waals surface area contributed by atoms with Gasteiger partial charge in [0.15, 0.2) is 0 Å². The van der Waals surface area contributed by atoms with Gasteiger partial charge < -0.3 is 10.1 Å². The van der Waals surface area contributed by atoms with Crippen molar-refractivity contribution in [3.05, 3.63) is 66.0 Å². The van der Waals surface area contributed by atoms with E-state index < -0.39 is 11.7 Å². The van der Waals surface area contributed by atoms with Crippen LogP contribution in [0, 0.1) is 5.82 Å². The molecule has 0 fully saturated rings. The van der Waals surface area contributed by atoms with Gasteiger partial charge in [-0.15, -0.1) is 0 Å². The summed E-state index contributed by atoms with van der Waals surface area (Å²) in [5.74, 6) is -0.645. The number of carbonyl (C=O) groups excluding carboxylic acids is 2. The van der Waals surface area contributed by atoms with Crippen molar-refractivity contribution in [2.45, 2.75) is 26.4 Å². The SMILES string of the molecule is CC(C)(C)OC(=O)Nc1ccc(NC(=O)C=Cc2ccc(F)cc2)cc1. The molecule has 0 bridgehead atoms. The normalized spacial score (nSPS) is 11.2. The number of rotatable bonds is 4. The molecule has 0 saturated carbocycles. The molecule has 136 valence electrons. The zero-order chi connectivity index (χ0) is 19.2. The number of hydrogen-bond acceptors (Lipinski definition) is 3. The minimum atomic E-state index is -0.575. The zero-order valence-corrected chi connectivity index (χ0v) is 14.9. The lowest BCUT2D eigenvalue weighted by atomic mass is 10.2. The third kappa shape index (κ3) is 6.76. The lowest BCUT2D eigenvalue weighted by Crippen LogP contribution is -2.27. The van der Waals surface area contributed by atoms with Crippen LogP contribution in [0.4, 0.5) is 20.6 Å². The summed E-state index contributed by atoms with van der Waals surface area (Å²) in [6, 6.07) is 12.5. The van der Waals surface area contributed by atoms with Crippen LogP contribution in [-0.4, -0.2) is 17.6 Å². The van der Waals surface area contributed by atoms with Crippen molar-refractivity contribution in [2.24, 2.45) is 0 Å². The largest absolute Gasteiger partial charge is 0.444 e. The molecule has 2 aromatic rings. The first-order valence-electron chi connectivity index (χ1n) is 8.06. The van der Waals surface area contributed by atoms with Crippen LogP contribution >= 0.6 is 0 Å². The lowest BCUT2D eigenvalue weighted by Gasteiger charge is -2.19. The average molecular weight is 356 g/mol. The zero-order valence-electron chi connectivity index (χ0n) is 14.9. The molecule has 0 spiro atoms. The van der Waals surface area contributed by atoms with Crippen molar-refractivity contribution in [3.63, 3.8) is 0 Å². The van der Waals surface area contributed by atoms with Crippen LogP contribution < -0.4 is 10.6 Å². The Morgan fingerprint density at radius 2 is 1.46 bits per heavy atom. The topological polar surface area (TPSA) is 67.4 Å². The van der Waals surface area contributed by atoms with Crippen molar-refractivity contribution >= 4 is 29.5 Å². The minimum absolute atomic E-state index is 0.317. The maximum atomic E-state index is 12.8. The molecule has 0 aliphatic carbocycles. The summed E-state index contributed by atoms with van der Waals surface area (Å²) >= 11 is 0. The van der Waals surface area contributed by atoms with Crippen molar-refractivity contribution in [1.29, 1.82) is 0 Å². The van der Waals surface area contributed by atoms with E-state index in [0.717, 1.165) is 5.56 Å². The van der Waals surface area contributed by atoms with Gasteiger partial charge in [-0.2, -0.15) is 0 Å². The molecule has 0 unspecified atom stereocenters. The maximum absolute atomic E-state index is 12.8. The molecule has 0 aliphatic heterocycles. The Hall–Kier alpha value is -3.15. The van der Waals surface area contributed by atoms with E-state index >= 15 is 0 Å². The fourth-order valence-electron chi connectivity index (χ4n) is 1.99. The second kappa shape index (κ2) is 8.29. The number of ether oxygens (including phenoxy) is 1. The summed E-state index contributed by atoms with van der Waals surface area (Å²) in [6.07, 6.45) is 2.41. The Kier molecular flexibility index (Phi) is 6.11. The number of halogens is 1. The average Bonchev–Trinajstić information content (AvgIpc) is 2.54. The van der Waals surface area contributed by atoms with Gasteiger partial charge in [0.2, 0.25) is 5.91 Å². The summed E-state index contributed by atoms with van der Waals surface area (Å²) in [5, 5.41) is 5.31. The summed E-state index contributed by atoms with van der Waals surface area (Å²) < 4.78 is 18.0. The van der Waals surface area contributed by atoms with E-state index in [2.05, 4.69) is 10.6 Å². The van der Waals surface area contributed by atoms with Gasteiger partial charge in [0.1, 0.15) is 11.4 Å². The number of hydrogen-bond donors (Lipinski definition) is 2. The number of benzene rings is 2. The Labute approximate surface area is 151 Å². The summed E-state index contributed by atoms with van der Waals surface area (Å²) in [6.45, 7) is 5.35. The van der Waals surface area contributed by atoms with Crippen molar-refractivity contribution in [1.82, 2.24) is 0 Å². The Balaban J connectivity index is 1.89. The van der Waals surface area contributed by atoms with Crippen LogP contribution in [0.3, 0.4) is 0 Å². The lowest BCUT2D eigenvalue weighted by molar-refractivity contribution is -0.111. The summed E-state index contributed by atoms with van der Waals surface area (Å²) in [7, 11) is 0. The van der Waals surface area contributed by atoms with E-state index in [1.165, 1.54) is 18.2 Å². The second-order valence-corrected chi connectivity index (χ2v) is 6.58. The highest BCUT2D eigenvalue weighted by Crippen LogP contribution is 2.15. The van der Waals surface area contributed by atoms with E-state index in [4.69, 9.17) is 4.74 Å². The first kappa shape index (κ1) is 19.2. The highest BCUT2D eigenvalue weighted by atomic mass is 19.1. The third-order valence-corrected chi connectivity index (χ3v) is 3.09. The van der Waals surface area contributed by atoms with Gasteiger partial charge in [-0.25, -0.2) is 9.18 Å². The Bertz CT molecular complexity index is 791. The quantitative estimate of drug-likeness (QED) is 0.772. The first-order chi connectivity index (χ1) is 12.2. The molecular formula is C20H21FN2O3. The smallest absolute Gasteiger partial charge is 0.412 e. The summed E-state index contributed by atoms with van der Waals surface area (Å²) in [4.78, 5) is 23.6. The van der Waals surface area contributed by atoms with E-state index in [9.17, 15) is 14.0 Å². The third-order valence-electron chi connectivity index (χ3n) is 3.09. The molecule has 2 aromatic carbocycles. The number of anilines is 2.